The van der Waals surface area contributed by atoms with Crippen molar-refractivity contribution in [3.05, 3.63) is 0 Å². The highest BCUT2D eigenvalue weighted by Gasteiger charge is 2.82. The van der Waals surface area contributed by atoms with Gasteiger partial charge in [0, 0.05) is 6.54 Å². The number of nitrogens with one attached hydrogen (secondary N) is 1. The zero-order valence-electron chi connectivity index (χ0n) is 11.1. The zero-order chi connectivity index (χ0) is 18.3. The van der Waals surface area contributed by atoms with E-state index in [1.165, 1.54) is 0 Å². The second kappa shape index (κ2) is 6.02. The van der Waals surface area contributed by atoms with Crippen molar-refractivity contribution in [1.29, 1.82) is 0 Å². The first-order chi connectivity index (χ1) is 10.1. The van der Waals surface area contributed by atoms with Gasteiger partial charge in [0.05, 0.1) is 6.67 Å². The van der Waals surface area contributed by atoms with Crippen LogP contribution in [-0.2, 0) is 20.1 Å². The molecule has 1 rings (SSSR count). The van der Waals surface area contributed by atoms with Crippen molar-refractivity contribution in [2.75, 3.05) is 19.8 Å². The van der Waals surface area contributed by atoms with Crippen LogP contribution in [0.15, 0.2) is 0 Å². The number of rotatable bonds is 5. The van der Waals surface area contributed by atoms with Crippen molar-refractivity contribution in [3.8, 4) is 0 Å². The Morgan fingerprint density at radius 1 is 0.913 bits per heavy atom. The molecule has 0 radical (unpaired) electrons. The van der Waals surface area contributed by atoms with Crippen LogP contribution in [0.2, 0.25) is 0 Å². The third kappa shape index (κ3) is 3.16. The summed E-state index contributed by atoms with van der Waals surface area (Å²) >= 11 is 0. The topological polar surface area (TPSA) is 104 Å². The molecule has 2 N–H and O–H groups in total. The highest BCUT2D eigenvalue weighted by atomic mass is 32.2. The van der Waals surface area contributed by atoms with Gasteiger partial charge in [0.2, 0.25) is 0 Å². The predicted octanol–water partition coefficient (Wildman–Crippen LogP) is 0.668. The maximum atomic E-state index is 13.7. The Bertz CT molecular complexity index is 642. The average Bonchev–Trinajstić information content (AvgIpc) is 2.65. The summed E-state index contributed by atoms with van der Waals surface area (Å²) in [5, 5.41) is -10.9. The fraction of sp³-hybridized carbons (Fsp3) is 1.00. The maximum absolute atomic E-state index is 13.7. The van der Waals surface area contributed by atoms with Crippen LogP contribution in [0.3, 0.4) is 0 Å². The van der Waals surface area contributed by atoms with Crippen LogP contribution in [0.5, 0.6) is 0 Å². The van der Waals surface area contributed by atoms with Gasteiger partial charge in [0.1, 0.15) is 0 Å². The molecule has 1 aliphatic rings. The lowest BCUT2D eigenvalue weighted by atomic mass is 10.3. The molecular weight excluding hydrogens is 382 g/mol. The van der Waals surface area contributed by atoms with Crippen molar-refractivity contribution in [2.24, 2.45) is 0 Å². The molecule has 0 aromatic carbocycles. The monoisotopic (exact) mass is 394 g/mol. The molecular formula is C8H12F6N2O5S2. The van der Waals surface area contributed by atoms with E-state index in [9.17, 15) is 43.2 Å². The first-order valence-electron chi connectivity index (χ1n) is 5.91. The molecule has 0 bridgehead atoms. The molecule has 138 valence electrons. The highest BCUT2D eigenvalue weighted by Crippen LogP contribution is 2.51. The molecule has 0 aromatic rings. The number of nitrogens with zero attached hydrogens (tertiary/aromatic N) is 1. The quantitative estimate of drug-likeness (QED) is 0.525. The summed E-state index contributed by atoms with van der Waals surface area (Å²) in [7, 11) is -13.4. The molecule has 0 spiro atoms. The van der Waals surface area contributed by atoms with Gasteiger partial charge >= 0.3 is 26.5 Å². The zero-order valence-corrected chi connectivity index (χ0v) is 12.8. The van der Waals surface area contributed by atoms with Gasteiger partial charge in [-0.05, 0) is 19.4 Å². The van der Waals surface area contributed by atoms with Gasteiger partial charge < -0.3 is 5.32 Å². The molecule has 0 atom stereocenters. The van der Waals surface area contributed by atoms with Crippen LogP contribution in [0.4, 0.5) is 26.3 Å². The number of hydrogen-bond donors (Lipinski definition) is 2. The normalized spacial score (nSPS) is 20.3. The van der Waals surface area contributed by atoms with Crippen molar-refractivity contribution < 1.29 is 47.7 Å². The summed E-state index contributed by atoms with van der Waals surface area (Å²) in [4.78, 5) is 0. The van der Waals surface area contributed by atoms with Crippen molar-refractivity contribution in [2.45, 2.75) is 29.3 Å². The minimum Gasteiger partial charge on any atom is -0.303 e. The number of hydrogen-bond acceptors (Lipinski definition) is 5. The molecule has 23 heavy (non-hydrogen) atoms. The minimum absolute atomic E-state index is 0.0113. The van der Waals surface area contributed by atoms with E-state index >= 15 is 0 Å². The molecule has 1 saturated heterocycles. The minimum atomic E-state index is -7.00. The van der Waals surface area contributed by atoms with Crippen molar-refractivity contribution >= 4 is 20.1 Å². The maximum Gasteiger partial charge on any atom is 0.439 e. The van der Waals surface area contributed by atoms with Gasteiger partial charge in [-0.15, -0.1) is 0 Å². The summed E-state index contributed by atoms with van der Waals surface area (Å²) in [5.74, 6) is -6.90. The van der Waals surface area contributed by atoms with Gasteiger partial charge in [0.25, 0.3) is 10.0 Å². The predicted molar refractivity (Wildman–Crippen MR) is 64.1 cm³/mol. The van der Waals surface area contributed by atoms with E-state index in [0.29, 0.717) is 6.42 Å². The van der Waals surface area contributed by atoms with Crippen molar-refractivity contribution in [3.63, 3.8) is 0 Å². The Hall–Kier alpha value is -0.640. The fourth-order valence-corrected chi connectivity index (χ4v) is 3.61. The van der Waals surface area contributed by atoms with Crippen molar-refractivity contribution in [1.82, 2.24) is 9.62 Å². The summed E-state index contributed by atoms with van der Waals surface area (Å²) < 4.78 is 132. The lowest BCUT2D eigenvalue weighted by Crippen LogP contribution is -2.63. The molecule has 15 heteroatoms. The third-order valence-electron chi connectivity index (χ3n) is 3.02. The number of halogens is 6. The smallest absolute Gasteiger partial charge is 0.303 e. The van der Waals surface area contributed by atoms with Gasteiger partial charge in [-0.3, -0.25) is 4.55 Å². The molecule has 0 unspecified atom stereocenters. The largest absolute Gasteiger partial charge is 0.439 e. The Morgan fingerprint density at radius 2 is 1.43 bits per heavy atom. The van der Waals surface area contributed by atoms with Gasteiger partial charge in [-0.2, -0.15) is 39.1 Å². The SMILES string of the molecule is O=S(=O)(O)C(F)(F)C(F)(F)C(F)(F)S(=O)(=O)N1CCCCNC1. The Labute approximate surface area is 127 Å². The Morgan fingerprint density at radius 3 is 1.91 bits per heavy atom. The molecule has 0 aromatic heterocycles. The van der Waals surface area contributed by atoms with Crippen LogP contribution in [0.1, 0.15) is 12.8 Å². The van der Waals surface area contributed by atoms with Crippen LogP contribution in [0, 0.1) is 0 Å². The van der Waals surface area contributed by atoms with E-state index in [1.54, 1.807) is 0 Å². The standard InChI is InChI=1S/C8H12F6N2O5S2/c9-6(10,8(13,14)23(19,20)21)7(11,12)22(17,18)16-4-2-1-3-15-5-16/h15H,1-5H2,(H,19,20,21). The molecule has 0 aliphatic carbocycles. The lowest BCUT2D eigenvalue weighted by Gasteiger charge is -2.33. The Kier molecular flexibility index (Phi) is 5.34. The van der Waals surface area contributed by atoms with Crippen LogP contribution in [-0.4, -0.2) is 61.9 Å². The first-order valence-corrected chi connectivity index (χ1v) is 8.79. The summed E-state index contributed by atoms with van der Waals surface area (Å²) in [5.41, 5.74) is 0. The van der Waals surface area contributed by atoms with E-state index in [2.05, 4.69) is 5.32 Å². The molecule has 0 saturated carbocycles. The molecule has 1 heterocycles. The van der Waals surface area contributed by atoms with E-state index in [1.807, 2.05) is 0 Å². The van der Waals surface area contributed by atoms with Crippen LogP contribution < -0.4 is 5.32 Å². The lowest BCUT2D eigenvalue weighted by molar-refractivity contribution is -0.246. The number of alkyl halides is 6. The van der Waals surface area contributed by atoms with E-state index in [0.717, 1.165) is 0 Å². The van der Waals surface area contributed by atoms with E-state index in [4.69, 9.17) is 4.55 Å². The van der Waals surface area contributed by atoms with E-state index < -0.39 is 49.8 Å². The second-order valence-corrected chi connectivity index (χ2v) is 8.07. The number of sulfonamides is 1. The Balaban J connectivity index is 3.37. The second-order valence-electron chi connectivity index (χ2n) is 4.63. The van der Waals surface area contributed by atoms with E-state index in [-0.39, 0.29) is 17.3 Å². The molecule has 7 nitrogen and oxygen atoms in total. The van der Waals surface area contributed by atoms with Gasteiger partial charge in [-0.1, -0.05) is 0 Å². The molecule has 1 aliphatic heterocycles. The summed E-state index contributed by atoms with van der Waals surface area (Å²) in [6.07, 6.45) is 0.303. The van der Waals surface area contributed by atoms with Crippen LogP contribution in [0.25, 0.3) is 0 Å². The third-order valence-corrected chi connectivity index (χ3v) is 5.82. The summed E-state index contributed by atoms with van der Waals surface area (Å²) in [6.45, 7) is -1.32. The summed E-state index contributed by atoms with van der Waals surface area (Å²) in [6, 6.07) is 0. The fourth-order valence-electron chi connectivity index (χ4n) is 1.68. The van der Waals surface area contributed by atoms with Gasteiger partial charge in [-0.25, -0.2) is 8.42 Å². The highest BCUT2D eigenvalue weighted by molar-refractivity contribution is 7.90. The average molecular weight is 394 g/mol. The molecule has 0 amide bonds. The molecule has 1 fully saturated rings. The van der Waals surface area contributed by atoms with Crippen LogP contribution >= 0.6 is 0 Å². The first kappa shape index (κ1) is 20.4. The van der Waals surface area contributed by atoms with Gasteiger partial charge in [0.15, 0.2) is 0 Å².